The van der Waals surface area contributed by atoms with E-state index in [2.05, 4.69) is 22.3 Å². The number of carbonyl (C=O) groups is 1. The van der Waals surface area contributed by atoms with Crippen molar-refractivity contribution in [2.75, 3.05) is 0 Å². The second-order valence-corrected chi connectivity index (χ2v) is 6.45. The van der Waals surface area contributed by atoms with Gasteiger partial charge in [0.1, 0.15) is 6.54 Å². The third-order valence-electron chi connectivity index (χ3n) is 4.67. The average molecular weight is 351 g/mol. The van der Waals surface area contributed by atoms with Crippen molar-refractivity contribution in [3.8, 4) is 0 Å². The second-order valence-electron chi connectivity index (χ2n) is 6.45. The minimum absolute atomic E-state index is 0.0489. The molecule has 0 bridgehead atoms. The molecule has 6 nitrogen and oxygen atoms in total. The predicted molar refractivity (Wildman–Crippen MR) is 101 cm³/mol. The van der Waals surface area contributed by atoms with E-state index in [-0.39, 0.29) is 18.5 Å². The molecule has 2 heterocycles. The number of imidazole rings is 1. The fourth-order valence-corrected chi connectivity index (χ4v) is 3.30. The van der Waals surface area contributed by atoms with Crippen LogP contribution < -0.4 is 5.32 Å². The molecule has 0 saturated carbocycles. The molecule has 3 aromatic rings. The number of hydrogen-bond acceptors (Lipinski definition) is 3. The first kappa shape index (κ1) is 17.9. The summed E-state index contributed by atoms with van der Waals surface area (Å²) >= 11 is 0. The Hall–Kier alpha value is -2.89. The van der Waals surface area contributed by atoms with Gasteiger partial charge in [-0.25, -0.2) is 4.98 Å². The minimum Gasteiger partial charge on any atom is -0.346 e. The van der Waals surface area contributed by atoms with Crippen LogP contribution in [0.4, 0.5) is 0 Å². The minimum atomic E-state index is -0.125. The van der Waals surface area contributed by atoms with Crippen molar-refractivity contribution in [1.29, 1.82) is 0 Å². The maximum Gasteiger partial charge on any atom is 0.242 e. The van der Waals surface area contributed by atoms with Gasteiger partial charge < -0.3 is 9.88 Å². The van der Waals surface area contributed by atoms with Gasteiger partial charge in [0.05, 0.1) is 18.1 Å². The first-order valence-corrected chi connectivity index (χ1v) is 8.91. The molecule has 0 saturated heterocycles. The van der Waals surface area contributed by atoms with Gasteiger partial charge in [0.2, 0.25) is 5.91 Å². The highest BCUT2D eigenvalue weighted by Crippen LogP contribution is 2.16. The van der Waals surface area contributed by atoms with E-state index in [4.69, 9.17) is 0 Å². The maximum absolute atomic E-state index is 12.7. The van der Waals surface area contributed by atoms with Gasteiger partial charge in [0.15, 0.2) is 0 Å². The molecule has 0 spiro atoms. The summed E-state index contributed by atoms with van der Waals surface area (Å²) in [5.74, 6) is -0.0489. The van der Waals surface area contributed by atoms with Crippen LogP contribution in [0.2, 0.25) is 0 Å². The van der Waals surface area contributed by atoms with E-state index >= 15 is 0 Å². The monoisotopic (exact) mass is 351 g/mol. The summed E-state index contributed by atoms with van der Waals surface area (Å²) in [5.41, 5.74) is 4.34. The Morgan fingerprint density at radius 2 is 2.00 bits per heavy atom. The first-order chi connectivity index (χ1) is 12.6. The Morgan fingerprint density at radius 1 is 1.23 bits per heavy atom. The van der Waals surface area contributed by atoms with Gasteiger partial charge in [-0.2, -0.15) is 5.10 Å². The van der Waals surface area contributed by atoms with Crippen molar-refractivity contribution in [2.24, 2.45) is 0 Å². The quantitative estimate of drug-likeness (QED) is 0.712. The lowest BCUT2D eigenvalue weighted by Crippen LogP contribution is -2.34. The third-order valence-corrected chi connectivity index (χ3v) is 4.67. The fraction of sp³-hybridized carbons (Fsp3) is 0.350. The summed E-state index contributed by atoms with van der Waals surface area (Å²) in [6.07, 6.45) is 6.33. The number of amides is 1. The predicted octanol–water partition coefficient (Wildman–Crippen LogP) is 2.82. The van der Waals surface area contributed by atoms with Crippen LogP contribution in [-0.4, -0.2) is 25.2 Å². The third kappa shape index (κ3) is 4.02. The number of hydrogen-bond donors (Lipinski definition) is 1. The van der Waals surface area contributed by atoms with E-state index in [1.165, 1.54) is 5.56 Å². The molecule has 6 heteroatoms. The fourth-order valence-electron chi connectivity index (χ4n) is 3.30. The lowest BCUT2D eigenvalue weighted by Gasteiger charge is -2.20. The molecule has 1 unspecified atom stereocenters. The van der Waals surface area contributed by atoms with Crippen molar-refractivity contribution in [3.63, 3.8) is 0 Å². The molecule has 1 aromatic carbocycles. The van der Waals surface area contributed by atoms with Gasteiger partial charge in [0, 0.05) is 24.6 Å². The summed E-state index contributed by atoms with van der Waals surface area (Å²) in [6.45, 7) is 6.98. The van der Waals surface area contributed by atoms with E-state index in [0.717, 1.165) is 23.4 Å². The van der Waals surface area contributed by atoms with Crippen molar-refractivity contribution in [1.82, 2.24) is 24.6 Å². The summed E-state index contributed by atoms with van der Waals surface area (Å²) in [6, 6.07) is 9.87. The Balaban J connectivity index is 1.75. The van der Waals surface area contributed by atoms with Crippen LogP contribution in [0.25, 0.3) is 0 Å². The van der Waals surface area contributed by atoms with E-state index < -0.39 is 0 Å². The van der Waals surface area contributed by atoms with Crippen LogP contribution in [-0.2, 0) is 24.3 Å². The van der Waals surface area contributed by atoms with Crippen molar-refractivity contribution in [2.45, 2.75) is 46.3 Å². The summed E-state index contributed by atoms with van der Waals surface area (Å²) < 4.78 is 3.76. The zero-order chi connectivity index (χ0) is 18.5. The maximum atomic E-state index is 12.7. The topological polar surface area (TPSA) is 64.7 Å². The van der Waals surface area contributed by atoms with Crippen molar-refractivity contribution >= 4 is 5.91 Å². The number of rotatable bonds is 7. The van der Waals surface area contributed by atoms with Gasteiger partial charge in [-0.15, -0.1) is 0 Å². The van der Waals surface area contributed by atoms with Gasteiger partial charge in [0.25, 0.3) is 0 Å². The van der Waals surface area contributed by atoms with Gasteiger partial charge in [-0.05, 0) is 31.4 Å². The smallest absolute Gasteiger partial charge is 0.242 e. The molecule has 1 amide bonds. The largest absolute Gasteiger partial charge is 0.346 e. The lowest BCUT2D eigenvalue weighted by atomic mass is 10.1. The molecule has 0 aliphatic heterocycles. The Bertz CT molecular complexity index is 852. The Morgan fingerprint density at radius 3 is 2.62 bits per heavy atom. The first-order valence-electron chi connectivity index (χ1n) is 8.91. The van der Waals surface area contributed by atoms with Crippen LogP contribution in [0.5, 0.6) is 0 Å². The van der Waals surface area contributed by atoms with Crippen molar-refractivity contribution in [3.05, 3.63) is 71.6 Å². The molecule has 0 fully saturated rings. The molecule has 2 aromatic heterocycles. The van der Waals surface area contributed by atoms with E-state index in [1.807, 2.05) is 54.9 Å². The standard InChI is InChI=1S/C20H25N5O/c1-4-18-15(2)23-25(16(18)3)13-20(26)22-19(12-24-11-10-21-14-24)17-8-6-5-7-9-17/h5-11,14,19H,4,12-13H2,1-3H3,(H,22,26). The van der Waals surface area contributed by atoms with Crippen LogP contribution in [0.15, 0.2) is 49.1 Å². The molecule has 1 N–H and O–H groups in total. The number of carbonyl (C=O) groups excluding carboxylic acids is 1. The molecule has 26 heavy (non-hydrogen) atoms. The Labute approximate surface area is 153 Å². The normalized spacial score (nSPS) is 12.1. The zero-order valence-corrected chi connectivity index (χ0v) is 15.5. The SMILES string of the molecule is CCc1c(C)nn(CC(=O)NC(Cn2ccnc2)c2ccccc2)c1C. The Kier molecular flexibility index (Phi) is 5.51. The van der Waals surface area contributed by atoms with E-state index in [0.29, 0.717) is 6.54 Å². The molecule has 1 atom stereocenters. The number of benzene rings is 1. The molecule has 136 valence electrons. The zero-order valence-electron chi connectivity index (χ0n) is 15.5. The van der Waals surface area contributed by atoms with E-state index in [1.54, 1.807) is 17.2 Å². The molecular formula is C20H25N5O. The molecule has 0 aliphatic rings. The van der Waals surface area contributed by atoms with Gasteiger partial charge >= 0.3 is 0 Å². The molecular weight excluding hydrogens is 326 g/mol. The highest BCUT2D eigenvalue weighted by atomic mass is 16.2. The summed E-state index contributed by atoms with van der Waals surface area (Å²) in [4.78, 5) is 16.8. The van der Waals surface area contributed by atoms with Gasteiger partial charge in [-0.3, -0.25) is 9.48 Å². The van der Waals surface area contributed by atoms with Crippen LogP contribution in [0, 0.1) is 13.8 Å². The van der Waals surface area contributed by atoms with E-state index in [9.17, 15) is 4.79 Å². The second kappa shape index (κ2) is 7.99. The average Bonchev–Trinajstić information content (AvgIpc) is 3.23. The number of nitrogens with zero attached hydrogens (tertiary/aromatic N) is 4. The number of aromatic nitrogens is 4. The summed E-state index contributed by atoms with van der Waals surface area (Å²) in [5, 5.41) is 7.66. The highest BCUT2D eigenvalue weighted by molar-refractivity contribution is 5.76. The number of aryl methyl sites for hydroxylation is 1. The molecule has 0 radical (unpaired) electrons. The number of nitrogens with one attached hydrogen (secondary N) is 1. The molecule has 3 rings (SSSR count). The van der Waals surface area contributed by atoms with Gasteiger partial charge in [-0.1, -0.05) is 37.3 Å². The van der Waals surface area contributed by atoms with Crippen molar-refractivity contribution < 1.29 is 4.79 Å². The molecule has 0 aliphatic carbocycles. The highest BCUT2D eigenvalue weighted by Gasteiger charge is 2.17. The van der Waals surface area contributed by atoms with Crippen LogP contribution >= 0.6 is 0 Å². The van der Waals surface area contributed by atoms with Crippen LogP contribution in [0.1, 0.15) is 35.5 Å². The summed E-state index contributed by atoms with van der Waals surface area (Å²) in [7, 11) is 0. The lowest BCUT2D eigenvalue weighted by molar-refractivity contribution is -0.122. The van der Waals surface area contributed by atoms with Crippen LogP contribution in [0.3, 0.4) is 0 Å².